The first-order valence-electron chi connectivity index (χ1n) is 8.50. The number of nitriles is 1. The molecule has 0 bridgehead atoms. The third-order valence-corrected chi connectivity index (χ3v) is 4.23. The van der Waals surface area contributed by atoms with Gasteiger partial charge in [-0.05, 0) is 54.3 Å². The quantitative estimate of drug-likeness (QED) is 0.713. The number of H-pyrrole nitrogens is 1. The zero-order chi connectivity index (χ0) is 18.7. The largest absolute Gasteiger partial charge is 0.457 e. The standard InChI is InChI=1S/C22H20N2O2/c1-14(2)16-4-8-18(9-5-16)26-19-10-6-17(7-11-19)20-12-15(3)24-22(25)21(20)13-23/h4-12,14H,1-3H3,(H,24,25). The first kappa shape index (κ1) is 17.5. The molecule has 1 heterocycles. The molecule has 0 unspecified atom stereocenters. The maximum Gasteiger partial charge on any atom is 0.266 e. The lowest BCUT2D eigenvalue weighted by atomic mass is 10.0. The number of pyridine rings is 1. The highest BCUT2D eigenvalue weighted by atomic mass is 16.5. The number of aromatic nitrogens is 1. The first-order valence-corrected chi connectivity index (χ1v) is 8.50. The number of nitrogens with zero attached hydrogens (tertiary/aromatic N) is 1. The lowest BCUT2D eigenvalue weighted by Crippen LogP contribution is -2.12. The second-order valence-corrected chi connectivity index (χ2v) is 6.53. The lowest BCUT2D eigenvalue weighted by Gasteiger charge is -2.10. The zero-order valence-corrected chi connectivity index (χ0v) is 15.0. The van der Waals surface area contributed by atoms with E-state index >= 15 is 0 Å². The van der Waals surface area contributed by atoms with Crippen LogP contribution < -0.4 is 10.3 Å². The van der Waals surface area contributed by atoms with Gasteiger partial charge in [-0.1, -0.05) is 38.1 Å². The monoisotopic (exact) mass is 344 g/mol. The van der Waals surface area contributed by atoms with Crippen molar-refractivity contribution in [1.29, 1.82) is 5.26 Å². The van der Waals surface area contributed by atoms with Crippen molar-refractivity contribution in [2.75, 3.05) is 0 Å². The van der Waals surface area contributed by atoms with Gasteiger partial charge in [0.05, 0.1) is 0 Å². The highest BCUT2D eigenvalue weighted by molar-refractivity contribution is 5.70. The summed E-state index contributed by atoms with van der Waals surface area (Å²) in [6.07, 6.45) is 0. The number of hydrogen-bond acceptors (Lipinski definition) is 3. The Kier molecular flexibility index (Phi) is 4.90. The summed E-state index contributed by atoms with van der Waals surface area (Å²) in [4.78, 5) is 14.6. The molecule has 0 saturated carbocycles. The Bertz CT molecular complexity index is 1010. The van der Waals surface area contributed by atoms with E-state index in [0.29, 0.717) is 17.2 Å². The molecule has 3 rings (SSSR count). The average molecular weight is 344 g/mol. The minimum absolute atomic E-state index is 0.119. The molecule has 26 heavy (non-hydrogen) atoms. The normalized spacial score (nSPS) is 10.6. The van der Waals surface area contributed by atoms with Gasteiger partial charge in [0, 0.05) is 11.3 Å². The van der Waals surface area contributed by atoms with Crippen molar-refractivity contribution in [2.24, 2.45) is 0 Å². The van der Waals surface area contributed by atoms with Crippen molar-refractivity contribution >= 4 is 0 Å². The molecule has 130 valence electrons. The maximum absolute atomic E-state index is 11.9. The van der Waals surface area contributed by atoms with Crippen LogP contribution in [0.15, 0.2) is 59.4 Å². The van der Waals surface area contributed by atoms with Crippen molar-refractivity contribution in [1.82, 2.24) is 4.98 Å². The molecular formula is C22H20N2O2. The van der Waals surface area contributed by atoms with Crippen molar-refractivity contribution in [3.63, 3.8) is 0 Å². The van der Waals surface area contributed by atoms with E-state index in [1.54, 1.807) is 13.0 Å². The van der Waals surface area contributed by atoms with Gasteiger partial charge in [0.1, 0.15) is 23.1 Å². The molecule has 4 heteroatoms. The fourth-order valence-electron chi connectivity index (χ4n) is 2.79. The number of rotatable bonds is 4. The van der Waals surface area contributed by atoms with E-state index < -0.39 is 0 Å². The Balaban J connectivity index is 1.86. The van der Waals surface area contributed by atoms with E-state index in [-0.39, 0.29) is 11.1 Å². The van der Waals surface area contributed by atoms with Crippen molar-refractivity contribution in [3.05, 3.63) is 81.8 Å². The Morgan fingerprint density at radius 1 is 1.00 bits per heavy atom. The van der Waals surface area contributed by atoms with Crippen LogP contribution in [0.1, 0.15) is 36.6 Å². The molecule has 0 aliphatic carbocycles. The highest BCUT2D eigenvalue weighted by Gasteiger charge is 2.10. The second-order valence-electron chi connectivity index (χ2n) is 6.53. The molecular weight excluding hydrogens is 324 g/mol. The summed E-state index contributed by atoms with van der Waals surface area (Å²) in [6, 6.07) is 19.2. The van der Waals surface area contributed by atoms with Gasteiger partial charge in [-0.15, -0.1) is 0 Å². The number of nitrogens with one attached hydrogen (secondary N) is 1. The summed E-state index contributed by atoms with van der Waals surface area (Å²) in [5.41, 5.74) is 3.16. The molecule has 0 fully saturated rings. The summed E-state index contributed by atoms with van der Waals surface area (Å²) >= 11 is 0. The predicted molar refractivity (Wildman–Crippen MR) is 103 cm³/mol. The van der Waals surface area contributed by atoms with Gasteiger partial charge in [0.25, 0.3) is 5.56 Å². The SMILES string of the molecule is Cc1cc(-c2ccc(Oc3ccc(C(C)C)cc3)cc2)c(C#N)c(=O)[nH]1. The fraction of sp³-hybridized carbons (Fsp3) is 0.182. The summed E-state index contributed by atoms with van der Waals surface area (Å²) in [6.45, 7) is 6.10. The Morgan fingerprint density at radius 2 is 1.58 bits per heavy atom. The topological polar surface area (TPSA) is 65.9 Å². The van der Waals surface area contributed by atoms with Crippen LogP contribution in [0.3, 0.4) is 0 Å². The summed E-state index contributed by atoms with van der Waals surface area (Å²) < 4.78 is 5.88. The fourth-order valence-corrected chi connectivity index (χ4v) is 2.79. The zero-order valence-electron chi connectivity index (χ0n) is 15.0. The van der Waals surface area contributed by atoms with Crippen molar-refractivity contribution < 1.29 is 4.74 Å². The number of hydrogen-bond donors (Lipinski definition) is 1. The second kappa shape index (κ2) is 7.28. The van der Waals surface area contributed by atoms with Crippen molar-refractivity contribution in [3.8, 4) is 28.7 Å². The third kappa shape index (κ3) is 3.68. The molecule has 1 N–H and O–H groups in total. The van der Waals surface area contributed by atoms with E-state index in [1.165, 1.54) is 5.56 Å². The van der Waals surface area contributed by atoms with Crippen LogP contribution in [-0.4, -0.2) is 4.98 Å². The van der Waals surface area contributed by atoms with Crippen LogP contribution in [0.2, 0.25) is 0 Å². The minimum atomic E-state index is -0.368. The van der Waals surface area contributed by atoms with Gasteiger partial charge >= 0.3 is 0 Å². The van der Waals surface area contributed by atoms with E-state index in [9.17, 15) is 10.1 Å². The molecule has 0 amide bonds. The van der Waals surface area contributed by atoms with Gasteiger partial charge < -0.3 is 9.72 Å². The Labute approximate surface area is 152 Å². The van der Waals surface area contributed by atoms with Gasteiger partial charge in [-0.2, -0.15) is 5.26 Å². The molecule has 0 saturated heterocycles. The molecule has 3 aromatic rings. The van der Waals surface area contributed by atoms with Crippen LogP contribution in [0.4, 0.5) is 0 Å². The minimum Gasteiger partial charge on any atom is -0.457 e. The number of aryl methyl sites for hydroxylation is 1. The predicted octanol–water partition coefficient (Wildman–Crippen LogP) is 5.14. The van der Waals surface area contributed by atoms with Crippen LogP contribution in [0.25, 0.3) is 11.1 Å². The van der Waals surface area contributed by atoms with Crippen LogP contribution in [0.5, 0.6) is 11.5 Å². The number of aromatic amines is 1. The van der Waals surface area contributed by atoms with Gasteiger partial charge in [-0.25, -0.2) is 0 Å². The van der Waals surface area contributed by atoms with Crippen LogP contribution >= 0.6 is 0 Å². The van der Waals surface area contributed by atoms with Gasteiger partial charge in [-0.3, -0.25) is 4.79 Å². The van der Waals surface area contributed by atoms with Gasteiger partial charge in [0.2, 0.25) is 0 Å². The van der Waals surface area contributed by atoms with E-state index in [1.807, 2.05) is 42.5 Å². The first-order chi connectivity index (χ1) is 12.5. The third-order valence-electron chi connectivity index (χ3n) is 4.23. The lowest BCUT2D eigenvalue weighted by molar-refractivity contribution is 0.482. The van der Waals surface area contributed by atoms with Crippen LogP contribution in [0, 0.1) is 18.3 Å². The van der Waals surface area contributed by atoms with Gasteiger partial charge in [0.15, 0.2) is 0 Å². The highest BCUT2D eigenvalue weighted by Crippen LogP contribution is 2.28. The molecule has 0 aliphatic rings. The summed E-state index contributed by atoms with van der Waals surface area (Å²) in [5.74, 6) is 1.95. The van der Waals surface area contributed by atoms with E-state index in [4.69, 9.17) is 4.74 Å². The number of benzene rings is 2. The maximum atomic E-state index is 11.9. The molecule has 0 spiro atoms. The number of ether oxygens (including phenoxy) is 1. The van der Waals surface area contributed by atoms with Crippen molar-refractivity contribution in [2.45, 2.75) is 26.7 Å². The van der Waals surface area contributed by atoms with Crippen LogP contribution in [-0.2, 0) is 0 Å². The van der Waals surface area contributed by atoms with E-state index in [0.717, 1.165) is 17.0 Å². The van der Waals surface area contributed by atoms with E-state index in [2.05, 4.69) is 31.0 Å². The molecule has 2 aromatic carbocycles. The molecule has 1 aromatic heterocycles. The smallest absolute Gasteiger partial charge is 0.266 e. The Morgan fingerprint density at radius 3 is 2.12 bits per heavy atom. The summed E-state index contributed by atoms with van der Waals surface area (Å²) in [7, 11) is 0. The molecule has 4 nitrogen and oxygen atoms in total. The molecule has 0 aliphatic heterocycles. The Hall–Kier alpha value is -3.32. The molecule has 0 radical (unpaired) electrons. The average Bonchev–Trinajstić information content (AvgIpc) is 2.62. The summed E-state index contributed by atoms with van der Waals surface area (Å²) in [5, 5.41) is 9.27. The molecule has 0 atom stereocenters.